The minimum atomic E-state index is -0.0519. The number of rotatable bonds is 7. The summed E-state index contributed by atoms with van der Waals surface area (Å²) in [6.07, 6.45) is 0.530. The Morgan fingerprint density at radius 1 is 1.33 bits per heavy atom. The van der Waals surface area contributed by atoms with Crippen LogP contribution >= 0.6 is 12.2 Å². The summed E-state index contributed by atoms with van der Waals surface area (Å²) in [6.45, 7) is 8.44. The molecular formula is C16H24N2O2S. The number of benzene rings is 1. The van der Waals surface area contributed by atoms with Gasteiger partial charge in [-0.05, 0) is 38.8 Å². The number of carbonyl (C=O) groups excluding carboxylic acids is 1. The normalized spacial score (nSPS) is 10.5. The van der Waals surface area contributed by atoms with Crippen LogP contribution in [0.5, 0.6) is 5.75 Å². The molecule has 0 saturated heterocycles. The molecular weight excluding hydrogens is 284 g/mol. The number of nitrogens with two attached hydrogens (primary N) is 1. The lowest BCUT2D eigenvalue weighted by molar-refractivity contribution is -0.134. The summed E-state index contributed by atoms with van der Waals surface area (Å²) in [7, 11) is 0. The Bertz CT molecular complexity index is 495. The fraction of sp³-hybridized carbons (Fsp3) is 0.500. The number of hydrogen-bond donors (Lipinski definition) is 1. The van der Waals surface area contributed by atoms with Crippen molar-refractivity contribution in [2.45, 2.75) is 40.2 Å². The monoisotopic (exact) mass is 308 g/mol. The number of nitrogens with zero attached hydrogens (tertiary/aromatic N) is 1. The first-order chi connectivity index (χ1) is 9.82. The zero-order valence-electron chi connectivity index (χ0n) is 13.2. The van der Waals surface area contributed by atoms with Gasteiger partial charge in [0, 0.05) is 19.0 Å². The van der Waals surface area contributed by atoms with E-state index in [1.165, 1.54) is 0 Å². The molecule has 0 fully saturated rings. The van der Waals surface area contributed by atoms with Crippen LogP contribution in [0.3, 0.4) is 0 Å². The molecule has 0 aliphatic heterocycles. The molecule has 2 N–H and O–H groups in total. The van der Waals surface area contributed by atoms with E-state index in [1.54, 1.807) is 4.90 Å². The molecule has 0 atom stereocenters. The summed E-state index contributed by atoms with van der Waals surface area (Å²) in [5.41, 5.74) is 7.57. The molecule has 4 nitrogen and oxygen atoms in total. The summed E-state index contributed by atoms with van der Waals surface area (Å²) in [5.74, 6) is 0.729. The molecule has 1 aromatic carbocycles. The molecule has 5 heteroatoms. The topological polar surface area (TPSA) is 55.6 Å². The van der Waals surface area contributed by atoms with Crippen molar-refractivity contribution < 1.29 is 9.53 Å². The largest absolute Gasteiger partial charge is 0.483 e. The van der Waals surface area contributed by atoms with Crippen molar-refractivity contribution >= 4 is 23.1 Å². The first-order valence-electron chi connectivity index (χ1n) is 7.09. The van der Waals surface area contributed by atoms with Crippen molar-refractivity contribution in [2.24, 2.45) is 5.73 Å². The summed E-state index contributed by atoms with van der Waals surface area (Å²) < 4.78 is 5.71. The van der Waals surface area contributed by atoms with Crippen LogP contribution in [-0.4, -0.2) is 35.0 Å². The Hall–Kier alpha value is -1.62. The lowest BCUT2D eigenvalue weighted by Gasteiger charge is -2.27. The van der Waals surface area contributed by atoms with Crippen LogP contribution in [0.25, 0.3) is 0 Å². The van der Waals surface area contributed by atoms with Crippen molar-refractivity contribution in [1.29, 1.82) is 0 Å². The summed E-state index contributed by atoms with van der Waals surface area (Å²) >= 11 is 4.87. The van der Waals surface area contributed by atoms with E-state index in [4.69, 9.17) is 22.7 Å². The van der Waals surface area contributed by atoms with Crippen LogP contribution in [0, 0.1) is 13.8 Å². The van der Waals surface area contributed by atoms with E-state index in [0.717, 1.165) is 16.9 Å². The van der Waals surface area contributed by atoms with Crippen LogP contribution in [0.1, 0.15) is 31.4 Å². The lowest BCUT2D eigenvalue weighted by Crippen LogP contribution is -2.41. The number of hydrogen-bond acceptors (Lipinski definition) is 3. The fourth-order valence-electron chi connectivity index (χ4n) is 2.15. The van der Waals surface area contributed by atoms with Gasteiger partial charge in [0.2, 0.25) is 0 Å². The molecule has 0 aliphatic rings. The van der Waals surface area contributed by atoms with Crippen LogP contribution in [0.4, 0.5) is 0 Å². The molecule has 21 heavy (non-hydrogen) atoms. The van der Waals surface area contributed by atoms with Crippen molar-refractivity contribution in [3.63, 3.8) is 0 Å². The van der Waals surface area contributed by atoms with Crippen LogP contribution in [-0.2, 0) is 4.79 Å². The molecule has 1 aromatic rings. The Balaban J connectivity index is 2.67. The third-order valence-corrected chi connectivity index (χ3v) is 3.50. The van der Waals surface area contributed by atoms with Gasteiger partial charge in [0.15, 0.2) is 6.61 Å². The summed E-state index contributed by atoms with van der Waals surface area (Å²) in [6, 6.07) is 6.01. The quantitative estimate of drug-likeness (QED) is 0.787. The fourth-order valence-corrected chi connectivity index (χ4v) is 2.24. The molecule has 1 rings (SSSR count). The van der Waals surface area contributed by atoms with Crippen molar-refractivity contribution in [3.8, 4) is 5.75 Å². The predicted molar refractivity (Wildman–Crippen MR) is 89.7 cm³/mol. The van der Waals surface area contributed by atoms with Gasteiger partial charge in [-0.1, -0.05) is 30.4 Å². The van der Waals surface area contributed by atoms with E-state index in [9.17, 15) is 4.79 Å². The lowest BCUT2D eigenvalue weighted by atomic mass is 10.1. The molecule has 0 bridgehead atoms. The number of amides is 1. The van der Waals surface area contributed by atoms with E-state index in [1.807, 2.05) is 45.9 Å². The molecule has 0 radical (unpaired) electrons. The maximum absolute atomic E-state index is 12.3. The number of ether oxygens (including phenoxy) is 1. The molecule has 0 heterocycles. The number of para-hydroxylation sites is 1. The highest BCUT2D eigenvalue weighted by Crippen LogP contribution is 2.22. The highest BCUT2D eigenvalue weighted by molar-refractivity contribution is 7.80. The average Bonchev–Trinajstić information content (AvgIpc) is 2.37. The molecule has 116 valence electrons. The second kappa shape index (κ2) is 7.98. The van der Waals surface area contributed by atoms with Gasteiger partial charge in [0.1, 0.15) is 5.75 Å². The Morgan fingerprint density at radius 3 is 2.38 bits per heavy atom. The van der Waals surface area contributed by atoms with Crippen molar-refractivity contribution in [1.82, 2.24) is 4.90 Å². The number of aryl methyl sites for hydroxylation is 2. The van der Waals surface area contributed by atoms with E-state index in [-0.39, 0.29) is 18.6 Å². The number of carbonyl (C=O) groups is 1. The molecule has 0 aliphatic carbocycles. The van der Waals surface area contributed by atoms with Crippen molar-refractivity contribution in [2.75, 3.05) is 13.2 Å². The minimum absolute atomic E-state index is 0.0290. The summed E-state index contributed by atoms with van der Waals surface area (Å²) in [5, 5.41) is 0. The maximum Gasteiger partial charge on any atom is 0.260 e. The van der Waals surface area contributed by atoms with Crippen LogP contribution in [0.15, 0.2) is 18.2 Å². The van der Waals surface area contributed by atoms with Crippen LogP contribution in [0.2, 0.25) is 0 Å². The third kappa shape index (κ3) is 5.34. The smallest absolute Gasteiger partial charge is 0.260 e. The van der Waals surface area contributed by atoms with Gasteiger partial charge in [-0.3, -0.25) is 4.79 Å². The highest BCUT2D eigenvalue weighted by atomic mass is 32.1. The first-order valence-corrected chi connectivity index (χ1v) is 7.50. The molecule has 0 saturated carbocycles. The Labute approximate surface area is 132 Å². The average molecular weight is 308 g/mol. The number of thiocarbonyl (C=S) groups is 1. The zero-order chi connectivity index (χ0) is 16.0. The molecule has 1 amide bonds. The second-order valence-corrected chi connectivity index (χ2v) is 5.93. The Morgan fingerprint density at radius 2 is 1.90 bits per heavy atom. The molecule has 0 spiro atoms. The highest BCUT2D eigenvalue weighted by Gasteiger charge is 2.18. The van der Waals surface area contributed by atoms with E-state index in [0.29, 0.717) is 18.0 Å². The minimum Gasteiger partial charge on any atom is -0.483 e. The van der Waals surface area contributed by atoms with Gasteiger partial charge in [0.25, 0.3) is 5.91 Å². The van der Waals surface area contributed by atoms with E-state index in [2.05, 4.69) is 0 Å². The van der Waals surface area contributed by atoms with Gasteiger partial charge in [-0.25, -0.2) is 0 Å². The second-order valence-electron chi connectivity index (χ2n) is 5.41. The van der Waals surface area contributed by atoms with E-state index >= 15 is 0 Å². The standard InChI is InChI=1S/C16H24N2O2S/c1-11(2)18(9-8-14(17)21)15(19)10-20-16-12(3)6-5-7-13(16)4/h5-7,11H,8-10H2,1-4H3,(H2,17,21). The van der Waals surface area contributed by atoms with Crippen molar-refractivity contribution in [3.05, 3.63) is 29.3 Å². The maximum atomic E-state index is 12.3. The summed E-state index contributed by atoms with van der Waals surface area (Å²) in [4.78, 5) is 14.5. The predicted octanol–water partition coefficient (Wildman–Crippen LogP) is 2.60. The Kier molecular flexibility index (Phi) is 6.62. The van der Waals surface area contributed by atoms with Gasteiger partial charge in [-0.15, -0.1) is 0 Å². The SMILES string of the molecule is Cc1cccc(C)c1OCC(=O)N(CCC(N)=S)C(C)C. The van der Waals surface area contributed by atoms with Gasteiger partial charge < -0.3 is 15.4 Å². The third-order valence-electron chi connectivity index (χ3n) is 3.29. The van der Waals surface area contributed by atoms with Gasteiger partial charge in [-0.2, -0.15) is 0 Å². The zero-order valence-corrected chi connectivity index (χ0v) is 14.0. The molecule has 0 aromatic heterocycles. The van der Waals surface area contributed by atoms with Crippen LogP contribution < -0.4 is 10.5 Å². The van der Waals surface area contributed by atoms with E-state index < -0.39 is 0 Å². The van der Waals surface area contributed by atoms with Gasteiger partial charge in [0.05, 0.1) is 4.99 Å². The van der Waals surface area contributed by atoms with Gasteiger partial charge >= 0.3 is 0 Å². The first kappa shape index (κ1) is 17.4. The molecule has 0 unspecified atom stereocenters.